The smallest absolute Gasteiger partial charge is 0.0346 e. The fraction of sp³-hybridized carbons (Fsp3) is 0.467. The number of hydrogen-bond donors (Lipinski definition) is 1. The van der Waals surface area contributed by atoms with Gasteiger partial charge in [0.25, 0.3) is 0 Å². The van der Waals surface area contributed by atoms with E-state index in [1.165, 1.54) is 15.0 Å². The van der Waals surface area contributed by atoms with Gasteiger partial charge in [-0.3, -0.25) is 0 Å². The number of likely N-dealkylation sites (N-methyl/N-ethyl adjacent to an activating group) is 1. The van der Waals surface area contributed by atoms with Crippen molar-refractivity contribution in [2.24, 2.45) is 0 Å². The fourth-order valence-corrected chi connectivity index (χ4v) is 3.15. The van der Waals surface area contributed by atoms with E-state index < -0.39 is 0 Å². The molecule has 3 heteroatoms. The Hall–Kier alpha value is -0.900. The summed E-state index contributed by atoms with van der Waals surface area (Å²) in [5.41, 5.74) is 0. The van der Waals surface area contributed by atoms with E-state index in [1.54, 1.807) is 0 Å². The van der Waals surface area contributed by atoms with E-state index >= 15 is 0 Å². The zero-order chi connectivity index (χ0) is 12.8. The second kappa shape index (κ2) is 6.88. The third kappa shape index (κ3) is 3.55. The number of rotatable bonds is 7. The van der Waals surface area contributed by atoms with E-state index in [-0.39, 0.29) is 0 Å². The van der Waals surface area contributed by atoms with Gasteiger partial charge < -0.3 is 10.2 Å². The zero-order valence-corrected chi connectivity index (χ0v) is 12.1. The van der Waals surface area contributed by atoms with Crippen molar-refractivity contribution in [3.8, 4) is 0 Å². The van der Waals surface area contributed by atoms with Gasteiger partial charge in [-0.1, -0.05) is 32.0 Å². The van der Waals surface area contributed by atoms with E-state index in [2.05, 4.69) is 54.4 Å². The Morgan fingerprint density at radius 2 is 1.94 bits per heavy atom. The molecule has 0 atom stereocenters. The number of nitrogens with one attached hydrogen (secondary N) is 1. The van der Waals surface area contributed by atoms with Gasteiger partial charge in [0.1, 0.15) is 0 Å². The largest absolute Gasteiger partial charge is 0.311 e. The maximum absolute atomic E-state index is 3.53. The molecule has 0 bridgehead atoms. The van der Waals surface area contributed by atoms with Gasteiger partial charge in [0.15, 0.2) is 0 Å². The van der Waals surface area contributed by atoms with E-state index in [9.17, 15) is 0 Å². The molecule has 1 heterocycles. The van der Waals surface area contributed by atoms with Crippen molar-refractivity contribution in [1.82, 2.24) is 10.2 Å². The first-order valence-electron chi connectivity index (χ1n) is 6.74. The quantitative estimate of drug-likeness (QED) is 0.770. The van der Waals surface area contributed by atoms with Gasteiger partial charge in [-0.25, -0.2) is 0 Å². The van der Waals surface area contributed by atoms with Crippen molar-refractivity contribution in [2.75, 3.05) is 26.2 Å². The SMILES string of the molecule is CCN(CC)CCNCc1cc2ccccc2s1. The minimum absolute atomic E-state index is 0.987. The van der Waals surface area contributed by atoms with Crippen molar-refractivity contribution in [2.45, 2.75) is 20.4 Å². The molecule has 98 valence electrons. The summed E-state index contributed by atoms with van der Waals surface area (Å²) in [6, 6.07) is 10.9. The minimum atomic E-state index is 0.987. The Morgan fingerprint density at radius 1 is 1.17 bits per heavy atom. The van der Waals surface area contributed by atoms with Crippen molar-refractivity contribution < 1.29 is 0 Å². The van der Waals surface area contributed by atoms with Crippen LogP contribution in [-0.4, -0.2) is 31.1 Å². The predicted molar refractivity (Wildman–Crippen MR) is 81.3 cm³/mol. The van der Waals surface area contributed by atoms with Crippen molar-refractivity contribution >= 4 is 21.4 Å². The molecule has 2 rings (SSSR count). The maximum atomic E-state index is 3.53. The average molecular weight is 262 g/mol. The molecule has 0 saturated heterocycles. The van der Waals surface area contributed by atoms with E-state index in [1.807, 2.05) is 11.3 Å². The van der Waals surface area contributed by atoms with Crippen LogP contribution in [0, 0.1) is 0 Å². The molecule has 0 amide bonds. The maximum Gasteiger partial charge on any atom is 0.0346 e. The Kier molecular flexibility index (Phi) is 5.17. The lowest BCUT2D eigenvalue weighted by molar-refractivity contribution is 0.302. The first-order chi connectivity index (χ1) is 8.83. The molecule has 0 aliphatic heterocycles. The fourth-order valence-electron chi connectivity index (χ4n) is 2.11. The molecular formula is C15H22N2S. The van der Waals surface area contributed by atoms with Gasteiger partial charge in [-0.2, -0.15) is 0 Å². The van der Waals surface area contributed by atoms with Crippen LogP contribution in [0.1, 0.15) is 18.7 Å². The Labute approximate surface area is 114 Å². The summed E-state index contributed by atoms with van der Waals surface area (Å²) in [7, 11) is 0. The molecule has 2 aromatic rings. The van der Waals surface area contributed by atoms with Gasteiger partial charge in [0.05, 0.1) is 0 Å². The summed E-state index contributed by atoms with van der Waals surface area (Å²) < 4.78 is 1.39. The number of nitrogens with zero attached hydrogens (tertiary/aromatic N) is 1. The van der Waals surface area contributed by atoms with Crippen molar-refractivity contribution in [3.63, 3.8) is 0 Å². The van der Waals surface area contributed by atoms with Crippen LogP contribution < -0.4 is 5.32 Å². The minimum Gasteiger partial charge on any atom is -0.311 e. The third-order valence-electron chi connectivity index (χ3n) is 3.28. The van der Waals surface area contributed by atoms with E-state index in [0.717, 1.165) is 32.7 Å². The highest BCUT2D eigenvalue weighted by Gasteiger charge is 2.01. The lowest BCUT2D eigenvalue weighted by Crippen LogP contribution is -2.31. The van der Waals surface area contributed by atoms with Crippen LogP contribution in [0.4, 0.5) is 0 Å². The molecule has 0 aliphatic carbocycles. The molecule has 0 fully saturated rings. The van der Waals surface area contributed by atoms with Crippen molar-refractivity contribution in [3.05, 3.63) is 35.2 Å². The third-order valence-corrected chi connectivity index (χ3v) is 4.39. The van der Waals surface area contributed by atoms with Crippen LogP contribution >= 0.6 is 11.3 Å². The van der Waals surface area contributed by atoms with Crippen LogP contribution in [-0.2, 0) is 6.54 Å². The van der Waals surface area contributed by atoms with Crippen LogP contribution in [0.5, 0.6) is 0 Å². The zero-order valence-electron chi connectivity index (χ0n) is 11.3. The number of thiophene rings is 1. The molecule has 0 spiro atoms. The standard InChI is InChI=1S/C15H22N2S/c1-3-17(4-2)10-9-16-12-14-11-13-7-5-6-8-15(13)18-14/h5-8,11,16H,3-4,9-10,12H2,1-2H3. The second-order valence-corrected chi connectivity index (χ2v) is 5.62. The van der Waals surface area contributed by atoms with Crippen LogP contribution in [0.25, 0.3) is 10.1 Å². The number of benzene rings is 1. The van der Waals surface area contributed by atoms with E-state index in [4.69, 9.17) is 0 Å². The van der Waals surface area contributed by atoms with Crippen molar-refractivity contribution in [1.29, 1.82) is 0 Å². The van der Waals surface area contributed by atoms with Crippen LogP contribution in [0.2, 0.25) is 0 Å². The summed E-state index contributed by atoms with van der Waals surface area (Å²) in [5.74, 6) is 0. The molecular weight excluding hydrogens is 240 g/mol. The highest BCUT2D eigenvalue weighted by Crippen LogP contribution is 2.24. The summed E-state index contributed by atoms with van der Waals surface area (Å²) >= 11 is 1.89. The molecule has 0 saturated carbocycles. The summed E-state index contributed by atoms with van der Waals surface area (Å²) in [4.78, 5) is 3.87. The van der Waals surface area contributed by atoms with Crippen LogP contribution in [0.15, 0.2) is 30.3 Å². The van der Waals surface area contributed by atoms with Crippen LogP contribution in [0.3, 0.4) is 0 Å². The molecule has 0 unspecified atom stereocenters. The highest BCUT2D eigenvalue weighted by molar-refractivity contribution is 7.19. The van der Waals surface area contributed by atoms with Gasteiger partial charge >= 0.3 is 0 Å². The molecule has 1 aromatic carbocycles. The molecule has 0 aliphatic rings. The topological polar surface area (TPSA) is 15.3 Å². The van der Waals surface area contributed by atoms with Gasteiger partial charge in [-0.15, -0.1) is 11.3 Å². The first-order valence-corrected chi connectivity index (χ1v) is 7.55. The average Bonchev–Trinajstić information content (AvgIpc) is 2.81. The summed E-state index contributed by atoms with van der Waals surface area (Å²) in [5, 5.41) is 4.89. The Morgan fingerprint density at radius 3 is 2.67 bits per heavy atom. The number of fused-ring (bicyclic) bond motifs is 1. The Balaban J connectivity index is 1.80. The van der Waals surface area contributed by atoms with Gasteiger partial charge in [-0.05, 0) is 30.6 Å². The van der Waals surface area contributed by atoms with E-state index in [0.29, 0.717) is 0 Å². The summed E-state index contributed by atoms with van der Waals surface area (Å²) in [6.45, 7) is 9.90. The molecule has 0 radical (unpaired) electrons. The second-order valence-electron chi connectivity index (χ2n) is 4.45. The summed E-state index contributed by atoms with van der Waals surface area (Å²) in [6.07, 6.45) is 0. The molecule has 1 N–H and O–H groups in total. The lowest BCUT2D eigenvalue weighted by Gasteiger charge is -2.17. The predicted octanol–water partition coefficient (Wildman–Crippen LogP) is 3.33. The van der Waals surface area contributed by atoms with Gasteiger partial charge in [0.2, 0.25) is 0 Å². The normalized spacial score (nSPS) is 11.5. The molecule has 18 heavy (non-hydrogen) atoms. The molecule has 1 aromatic heterocycles. The first kappa shape index (κ1) is 13.5. The lowest BCUT2D eigenvalue weighted by atomic mass is 10.2. The highest BCUT2D eigenvalue weighted by atomic mass is 32.1. The molecule has 2 nitrogen and oxygen atoms in total. The number of hydrogen-bond acceptors (Lipinski definition) is 3. The Bertz CT molecular complexity index is 441. The van der Waals surface area contributed by atoms with Gasteiger partial charge in [0, 0.05) is 29.2 Å². The monoisotopic (exact) mass is 262 g/mol.